The van der Waals surface area contributed by atoms with Gasteiger partial charge in [-0.25, -0.2) is 0 Å². The molecule has 6 heteroatoms. The first-order chi connectivity index (χ1) is 12.1. The van der Waals surface area contributed by atoms with Crippen LogP contribution in [-0.2, 0) is 9.47 Å². The lowest BCUT2D eigenvalue weighted by atomic mass is 9.44. The SMILES string of the molecule is C[C@@H]1C(C#N)(C#N)[C@@]2(C#N)C(=N)O[C@@]1(C)O[C@@H]2C1=CC[C@H]2C[C@H]1C2(C)C. The highest BCUT2D eigenvalue weighted by atomic mass is 16.7. The van der Waals surface area contributed by atoms with Crippen molar-refractivity contribution in [1.82, 2.24) is 0 Å². The minimum Gasteiger partial charge on any atom is -0.448 e. The van der Waals surface area contributed by atoms with Crippen LogP contribution in [0.25, 0.3) is 0 Å². The van der Waals surface area contributed by atoms with Gasteiger partial charge in [0.15, 0.2) is 10.8 Å². The van der Waals surface area contributed by atoms with Gasteiger partial charge in [-0.05, 0) is 35.7 Å². The molecule has 3 saturated heterocycles. The molecule has 3 aliphatic carbocycles. The molecule has 3 aliphatic heterocycles. The number of fused-ring (bicyclic) bond motifs is 5. The molecule has 6 nitrogen and oxygen atoms in total. The van der Waals surface area contributed by atoms with Gasteiger partial charge in [0.05, 0.1) is 24.1 Å². The Bertz CT molecular complexity index is 856. The standard InChI is InChI=1S/C20H22N4O2/c1-11-18(4)25-15(13-6-5-12-7-14(13)17(12,2)3)20(10-23,16(24)26-18)19(11,8-21)9-22/h6,11-12,14-15,24H,5,7H2,1-4H3/t11-,12-,14+,15+,18+,20+/m0/s1. The molecule has 0 amide bonds. The first kappa shape index (κ1) is 17.1. The van der Waals surface area contributed by atoms with Crippen molar-refractivity contribution in [2.75, 3.05) is 0 Å². The van der Waals surface area contributed by atoms with E-state index >= 15 is 0 Å². The number of allylic oxidation sites excluding steroid dienone is 1. The fourth-order valence-electron chi connectivity index (χ4n) is 5.66. The van der Waals surface area contributed by atoms with Gasteiger partial charge in [-0.3, -0.25) is 5.41 Å². The minimum atomic E-state index is -1.75. The van der Waals surface area contributed by atoms with E-state index in [0.29, 0.717) is 5.92 Å². The van der Waals surface area contributed by atoms with E-state index in [1.165, 1.54) is 0 Å². The average molecular weight is 350 g/mol. The van der Waals surface area contributed by atoms with Crippen molar-refractivity contribution in [3.8, 4) is 18.2 Å². The average Bonchev–Trinajstić information content (AvgIpc) is 2.63. The smallest absolute Gasteiger partial charge is 0.215 e. The summed E-state index contributed by atoms with van der Waals surface area (Å²) in [6.07, 6.45) is 3.22. The molecule has 6 atom stereocenters. The van der Waals surface area contributed by atoms with E-state index in [-0.39, 0.29) is 17.2 Å². The third-order valence-corrected chi connectivity index (χ3v) is 7.81. The zero-order chi connectivity index (χ0) is 19.1. The van der Waals surface area contributed by atoms with Crippen molar-refractivity contribution in [1.29, 1.82) is 21.2 Å². The summed E-state index contributed by atoms with van der Waals surface area (Å²) < 4.78 is 11.9. The molecule has 4 bridgehead atoms. The topological polar surface area (TPSA) is 114 Å². The molecule has 4 fully saturated rings. The molecule has 0 aromatic heterocycles. The fraction of sp³-hybridized carbons (Fsp3) is 0.700. The van der Waals surface area contributed by atoms with Gasteiger partial charge in [-0.1, -0.05) is 26.8 Å². The molecule has 0 unspecified atom stereocenters. The molecule has 6 rings (SSSR count). The molecule has 6 aliphatic rings. The fourth-order valence-corrected chi connectivity index (χ4v) is 5.66. The van der Waals surface area contributed by atoms with Crippen molar-refractivity contribution in [2.45, 2.75) is 52.4 Å². The first-order valence-corrected chi connectivity index (χ1v) is 9.04. The normalized spacial score (nSPS) is 46.7. The molecule has 134 valence electrons. The van der Waals surface area contributed by atoms with Crippen LogP contribution in [0.1, 0.15) is 40.5 Å². The molecule has 0 spiro atoms. The molecule has 1 saturated carbocycles. The molecule has 3 heterocycles. The summed E-state index contributed by atoms with van der Waals surface area (Å²) in [6, 6.07) is 6.35. The summed E-state index contributed by atoms with van der Waals surface area (Å²) in [5.41, 5.74) is -2.39. The van der Waals surface area contributed by atoms with Gasteiger partial charge in [0.1, 0.15) is 6.10 Å². The van der Waals surface area contributed by atoms with Crippen molar-refractivity contribution in [3.63, 3.8) is 0 Å². The third-order valence-electron chi connectivity index (χ3n) is 7.81. The Hall–Kier alpha value is -2.36. The van der Waals surface area contributed by atoms with E-state index in [4.69, 9.17) is 14.9 Å². The van der Waals surface area contributed by atoms with Crippen LogP contribution in [0.4, 0.5) is 0 Å². The molecule has 26 heavy (non-hydrogen) atoms. The van der Waals surface area contributed by atoms with Crippen LogP contribution < -0.4 is 0 Å². The Balaban J connectivity index is 1.94. The molecular formula is C20H22N4O2. The second-order valence-electron chi connectivity index (χ2n) is 8.86. The van der Waals surface area contributed by atoms with Crippen LogP contribution in [-0.4, -0.2) is 17.8 Å². The Labute approximate surface area is 153 Å². The number of nitriles is 3. The largest absolute Gasteiger partial charge is 0.448 e. The number of rotatable bonds is 1. The Kier molecular flexibility index (Phi) is 3.07. The van der Waals surface area contributed by atoms with Crippen LogP contribution in [0.5, 0.6) is 0 Å². The highest BCUT2D eigenvalue weighted by molar-refractivity contribution is 5.89. The molecule has 0 radical (unpaired) electrons. The van der Waals surface area contributed by atoms with E-state index in [1.54, 1.807) is 13.8 Å². The zero-order valence-electron chi connectivity index (χ0n) is 15.5. The third kappa shape index (κ3) is 1.49. The summed E-state index contributed by atoms with van der Waals surface area (Å²) in [6.45, 7) is 7.79. The number of hydrogen-bond acceptors (Lipinski definition) is 6. The molecule has 0 aromatic rings. The van der Waals surface area contributed by atoms with Gasteiger partial charge in [0.25, 0.3) is 0 Å². The molecule has 1 N–H and O–H groups in total. The van der Waals surface area contributed by atoms with E-state index in [1.807, 2.05) is 0 Å². The second-order valence-corrected chi connectivity index (χ2v) is 8.86. The van der Waals surface area contributed by atoms with Crippen molar-refractivity contribution >= 4 is 5.90 Å². The van der Waals surface area contributed by atoms with Crippen molar-refractivity contribution < 1.29 is 9.47 Å². The maximum absolute atomic E-state index is 10.2. The van der Waals surface area contributed by atoms with Gasteiger partial charge >= 0.3 is 0 Å². The van der Waals surface area contributed by atoms with E-state index in [9.17, 15) is 15.8 Å². The summed E-state index contributed by atoms with van der Waals surface area (Å²) in [5.74, 6) is -1.42. The highest BCUT2D eigenvalue weighted by Crippen LogP contribution is 2.67. The zero-order valence-corrected chi connectivity index (χ0v) is 15.5. The van der Waals surface area contributed by atoms with Gasteiger partial charge in [0, 0.05) is 6.92 Å². The van der Waals surface area contributed by atoms with Crippen LogP contribution in [0.15, 0.2) is 11.6 Å². The van der Waals surface area contributed by atoms with E-state index in [0.717, 1.165) is 18.4 Å². The van der Waals surface area contributed by atoms with Crippen LogP contribution in [0.2, 0.25) is 0 Å². The first-order valence-electron chi connectivity index (χ1n) is 9.04. The summed E-state index contributed by atoms with van der Waals surface area (Å²) in [5, 5.41) is 38.7. The predicted molar refractivity (Wildman–Crippen MR) is 91.0 cm³/mol. The van der Waals surface area contributed by atoms with Crippen LogP contribution >= 0.6 is 0 Å². The van der Waals surface area contributed by atoms with E-state index < -0.39 is 28.6 Å². The maximum Gasteiger partial charge on any atom is 0.215 e. The summed E-state index contributed by atoms with van der Waals surface area (Å²) in [4.78, 5) is 0. The van der Waals surface area contributed by atoms with Gasteiger partial charge in [0.2, 0.25) is 11.7 Å². The predicted octanol–water partition coefficient (Wildman–Crippen LogP) is 3.28. The summed E-state index contributed by atoms with van der Waals surface area (Å²) in [7, 11) is 0. The Morgan fingerprint density at radius 3 is 2.31 bits per heavy atom. The van der Waals surface area contributed by atoms with Gasteiger partial charge < -0.3 is 9.47 Å². The Morgan fingerprint density at radius 2 is 1.81 bits per heavy atom. The monoisotopic (exact) mass is 350 g/mol. The number of nitrogens with zero attached hydrogens (tertiary/aromatic N) is 3. The Morgan fingerprint density at radius 1 is 1.15 bits per heavy atom. The minimum absolute atomic E-state index is 0.0955. The number of ether oxygens (including phenoxy) is 2. The van der Waals surface area contributed by atoms with Crippen LogP contribution in [0.3, 0.4) is 0 Å². The van der Waals surface area contributed by atoms with Crippen molar-refractivity contribution in [2.24, 2.45) is 34.0 Å². The molecular weight excluding hydrogens is 328 g/mol. The van der Waals surface area contributed by atoms with Crippen LogP contribution in [0, 0.1) is 73.4 Å². The lowest BCUT2D eigenvalue weighted by Crippen LogP contribution is -2.75. The second kappa shape index (κ2) is 4.67. The highest BCUT2D eigenvalue weighted by Gasteiger charge is 2.79. The van der Waals surface area contributed by atoms with Gasteiger partial charge in [-0.15, -0.1) is 0 Å². The maximum atomic E-state index is 10.2. The number of hydrogen-bond donors (Lipinski definition) is 1. The quantitative estimate of drug-likeness (QED) is 0.729. The molecule has 0 aromatic carbocycles. The lowest BCUT2D eigenvalue weighted by Gasteiger charge is -2.64. The summed E-state index contributed by atoms with van der Waals surface area (Å²) >= 11 is 0. The van der Waals surface area contributed by atoms with E-state index in [2.05, 4.69) is 38.1 Å². The van der Waals surface area contributed by atoms with Crippen molar-refractivity contribution in [3.05, 3.63) is 11.6 Å². The lowest BCUT2D eigenvalue weighted by molar-refractivity contribution is -0.329. The number of nitrogens with one attached hydrogen (secondary N) is 1. The van der Waals surface area contributed by atoms with Gasteiger partial charge in [-0.2, -0.15) is 15.8 Å².